The average Bonchev–Trinajstić information content (AvgIpc) is 2.26. The van der Waals surface area contributed by atoms with E-state index in [1.165, 1.54) is 0 Å². The number of alkyl halides is 3. The zero-order valence-electron chi connectivity index (χ0n) is 10.1. The van der Waals surface area contributed by atoms with Gasteiger partial charge in [0.1, 0.15) is 0 Å². The van der Waals surface area contributed by atoms with E-state index in [0.717, 1.165) is 0 Å². The highest BCUT2D eigenvalue weighted by Gasteiger charge is 2.26. The van der Waals surface area contributed by atoms with E-state index in [4.69, 9.17) is 9.47 Å². The highest BCUT2D eigenvalue weighted by molar-refractivity contribution is 4.69. The standard InChI is InChI=1S/C11H20F3NO2/c1-9(3-2-4-11(12,13)14)15-7-10-8-16-5-6-17-10/h9-10,15H,2-8H2,1H3. The summed E-state index contributed by atoms with van der Waals surface area (Å²) < 4.78 is 46.4. The number of hydrogen-bond acceptors (Lipinski definition) is 3. The fraction of sp³-hybridized carbons (Fsp3) is 1.00. The Balaban J connectivity index is 2.02. The second-order valence-corrected chi connectivity index (χ2v) is 4.38. The van der Waals surface area contributed by atoms with Gasteiger partial charge in [-0.15, -0.1) is 0 Å². The number of halogens is 3. The highest BCUT2D eigenvalue weighted by Crippen LogP contribution is 2.22. The van der Waals surface area contributed by atoms with E-state index in [1.807, 2.05) is 6.92 Å². The second-order valence-electron chi connectivity index (χ2n) is 4.38. The molecule has 0 radical (unpaired) electrons. The summed E-state index contributed by atoms with van der Waals surface area (Å²) >= 11 is 0. The molecular weight excluding hydrogens is 235 g/mol. The second kappa shape index (κ2) is 7.18. The van der Waals surface area contributed by atoms with Gasteiger partial charge >= 0.3 is 6.18 Å². The fourth-order valence-corrected chi connectivity index (χ4v) is 1.70. The van der Waals surface area contributed by atoms with Crippen LogP contribution in [0, 0.1) is 0 Å². The maximum absolute atomic E-state index is 11.9. The van der Waals surface area contributed by atoms with Crippen LogP contribution in [0.15, 0.2) is 0 Å². The smallest absolute Gasteiger partial charge is 0.376 e. The van der Waals surface area contributed by atoms with E-state index in [9.17, 15) is 13.2 Å². The van der Waals surface area contributed by atoms with Crippen LogP contribution >= 0.6 is 0 Å². The Morgan fingerprint density at radius 3 is 2.71 bits per heavy atom. The first-order valence-corrected chi connectivity index (χ1v) is 5.97. The topological polar surface area (TPSA) is 30.5 Å². The van der Waals surface area contributed by atoms with E-state index in [2.05, 4.69) is 5.32 Å². The summed E-state index contributed by atoms with van der Waals surface area (Å²) in [6.07, 6.45) is -4.04. The molecule has 1 N–H and O–H groups in total. The Kier molecular flexibility index (Phi) is 6.22. The normalized spacial score (nSPS) is 23.6. The predicted octanol–water partition coefficient (Wildman–Crippen LogP) is 2.11. The lowest BCUT2D eigenvalue weighted by Gasteiger charge is -2.25. The predicted molar refractivity (Wildman–Crippen MR) is 57.9 cm³/mol. The third-order valence-electron chi connectivity index (χ3n) is 2.68. The van der Waals surface area contributed by atoms with Gasteiger partial charge in [0.25, 0.3) is 0 Å². The van der Waals surface area contributed by atoms with Crippen LogP contribution in [0.2, 0.25) is 0 Å². The molecule has 17 heavy (non-hydrogen) atoms. The van der Waals surface area contributed by atoms with Gasteiger partial charge in [-0.3, -0.25) is 0 Å². The fourth-order valence-electron chi connectivity index (χ4n) is 1.70. The number of hydrogen-bond donors (Lipinski definition) is 1. The molecule has 0 bridgehead atoms. The minimum Gasteiger partial charge on any atom is -0.376 e. The first-order valence-electron chi connectivity index (χ1n) is 5.97. The van der Waals surface area contributed by atoms with Gasteiger partial charge in [-0.05, 0) is 19.8 Å². The summed E-state index contributed by atoms with van der Waals surface area (Å²) in [5.41, 5.74) is 0. The summed E-state index contributed by atoms with van der Waals surface area (Å²) in [6.45, 7) is 4.29. The molecule has 1 aliphatic heterocycles. The Morgan fingerprint density at radius 1 is 1.35 bits per heavy atom. The average molecular weight is 255 g/mol. The zero-order valence-corrected chi connectivity index (χ0v) is 10.1. The summed E-state index contributed by atoms with van der Waals surface area (Å²) in [6, 6.07) is 0.0721. The van der Waals surface area contributed by atoms with Gasteiger partial charge in [0.05, 0.1) is 25.9 Å². The molecule has 1 rings (SSSR count). The third-order valence-corrected chi connectivity index (χ3v) is 2.68. The van der Waals surface area contributed by atoms with Crippen molar-refractivity contribution in [2.24, 2.45) is 0 Å². The van der Waals surface area contributed by atoms with Crippen LogP contribution in [-0.4, -0.2) is 44.7 Å². The SMILES string of the molecule is CC(CCCC(F)(F)F)NCC1COCCO1. The van der Waals surface area contributed by atoms with Gasteiger partial charge in [0.2, 0.25) is 0 Å². The van der Waals surface area contributed by atoms with E-state index in [0.29, 0.717) is 32.8 Å². The van der Waals surface area contributed by atoms with Crippen LogP contribution in [0.3, 0.4) is 0 Å². The molecule has 1 saturated heterocycles. The Bertz CT molecular complexity index is 205. The highest BCUT2D eigenvalue weighted by atomic mass is 19.4. The van der Waals surface area contributed by atoms with Crippen molar-refractivity contribution in [3.8, 4) is 0 Å². The largest absolute Gasteiger partial charge is 0.389 e. The van der Waals surface area contributed by atoms with Crippen LogP contribution in [0.5, 0.6) is 0 Å². The third kappa shape index (κ3) is 7.57. The molecule has 0 aromatic heterocycles. The van der Waals surface area contributed by atoms with E-state index in [1.54, 1.807) is 0 Å². The van der Waals surface area contributed by atoms with E-state index in [-0.39, 0.29) is 18.6 Å². The van der Waals surface area contributed by atoms with Gasteiger partial charge in [0.15, 0.2) is 0 Å². The van der Waals surface area contributed by atoms with Crippen LogP contribution in [0.4, 0.5) is 13.2 Å². The molecule has 1 heterocycles. The first kappa shape index (κ1) is 14.7. The van der Waals surface area contributed by atoms with Crippen LogP contribution in [0.25, 0.3) is 0 Å². The van der Waals surface area contributed by atoms with Crippen molar-refractivity contribution in [2.45, 2.75) is 44.5 Å². The maximum atomic E-state index is 11.9. The van der Waals surface area contributed by atoms with Gasteiger partial charge in [-0.1, -0.05) is 0 Å². The van der Waals surface area contributed by atoms with Crippen LogP contribution in [0.1, 0.15) is 26.2 Å². The molecule has 0 spiro atoms. The minimum absolute atomic E-state index is 0.0221. The molecule has 3 nitrogen and oxygen atoms in total. The van der Waals surface area contributed by atoms with Crippen molar-refractivity contribution in [1.82, 2.24) is 5.32 Å². The first-order chi connectivity index (χ1) is 7.97. The van der Waals surface area contributed by atoms with Gasteiger partial charge in [0, 0.05) is 19.0 Å². The van der Waals surface area contributed by atoms with Crippen molar-refractivity contribution < 1.29 is 22.6 Å². The Labute approximate surface area is 99.7 Å². The molecule has 2 atom stereocenters. The quantitative estimate of drug-likeness (QED) is 0.788. The van der Waals surface area contributed by atoms with Crippen molar-refractivity contribution in [2.75, 3.05) is 26.4 Å². The Morgan fingerprint density at radius 2 is 2.12 bits per heavy atom. The summed E-state index contributed by atoms with van der Waals surface area (Å²) in [5.74, 6) is 0. The number of ether oxygens (including phenoxy) is 2. The lowest BCUT2D eigenvalue weighted by Crippen LogP contribution is -2.40. The zero-order chi connectivity index (χ0) is 12.7. The summed E-state index contributed by atoms with van der Waals surface area (Å²) in [5, 5.41) is 3.17. The van der Waals surface area contributed by atoms with Gasteiger partial charge in [-0.25, -0.2) is 0 Å². The molecule has 2 unspecified atom stereocenters. The molecule has 1 fully saturated rings. The molecule has 6 heteroatoms. The lowest BCUT2D eigenvalue weighted by atomic mass is 10.1. The van der Waals surface area contributed by atoms with Gasteiger partial charge < -0.3 is 14.8 Å². The number of rotatable bonds is 6. The van der Waals surface area contributed by atoms with Crippen molar-refractivity contribution in [3.63, 3.8) is 0 Å². The Hall–Kier alpha value is -0.330. The van der Waals surface area contributed by atoms with E-state index < -0.39 is 12.6 Å². The minimum atomic E-state index is -4.04. The van der Waals surface area contributed by atoms with E-state index >= 15 is 0 Å². The monoisotopic (exact) mass is 255 g/mol. The molecule has 102 valence electrons. The molecule has 0 aromatic carbocycles. The molecule has 1 aliphatic rings. The molecule has 0 saturated carbocycles. The van der Waals surface area contributed by atoms with Crippen LogP contribution in [-0.2, 0) is 9.47 Å². The van der Waals surface area contributed by atoms with Crippen molar-refractivity contribution >= 4 is 0 Å². The maximum Gasteiger partial charge on any atom is 0.389 e. The molecule has 0 aromatic rings. The molecule has 0 amide bonds. The van der Waals surface area contributed by atoms with Gasteiger partial charge in [-0.2, -0.15) is 13.2 Å². The van der Waals surface area contributed by atoms with Crippen LogP contribution < -0.4 is 5.32 Å². The van der Waals surface area contributed by atoms with Crippen molar-refractivity contribution in [1.29, 1.82) is 0 Å². The molecule has 0 aliphatic carbocycles. The summed E-state index contributed by atoms with van der Waals surface area (Å²) in [7, 11) is 0. The number of nitrogens with one attached hydrogen (secondary N) is 1. The lowest BCUT2D eigenvalue weighted by molar-refractivity contribution is -0.135. The summed E-state index contributed by atoms with van der Waals surface area (Å²) in [4.78, 5) is 0. The molecular formula is C11H20F3NO2. The van der Waals surface area contributed by atoms with Crippen molar-refractivity contribution in [3.05, 3.63) is 0 Å².